The van der Waals surface area contributed by atoms with Crippen LogP contribution in [-0.2, 0) is 6.54 Å². The highest BCUT2D eigenvalue weighted by Crippen LogP contribution is 2.30. The van der Waals surface area contributed by atoms with Gasteiger partial charge in [0.15, 0.2) is 5.82 Å². The third kappa shape index (κ3) is 3.31. The van der Waals surface area contributed by atoms with Crippen molar-refractivity contribution in [1.29, 1.82) is 0 Å². The molecule has 0 aromatic carbocycles. The smallest absolute Gasteiger partial charge is 0.240 e. The summed E-state index contributed by atoms with van der Waals surface area (Å²) in [6, 6.07) is 0. The van der Waals surface area contributed by atoms with Gasteiger partial charge >= 0.3 is 0 Å². The van der Waals surface area contributed by atoms with Crippen LogP contribution in [0.5, 0.6) is 0 Å². The molecule has 0 unspecified atom stereocenters. The number of aromatic nitrogens is 2. The van der Waals surface area contributed by atoms with Crippen LogP contribution in [-0.4, -0.2) is 16.7 Å². The van der Waals surface area contributed by atoms with E-state index in [-0.39, 0.29) is 0 Å². The summed E-state index contributed by atoms with van der Waals surface area (Å²) >= 11 is 0. The van der Waals surface area contributed by atoms with Gasteiger partial charge in [-0.15, -0.1) is 0 Å². The highest BCUT2D eigenvalue weighted by Gasteiger charge is 2.22. The molecule has 4 nitrogen and oxygen atoms in total. The van der Waals surface area contributed by atoms with Crippen molar-refractivity contribution in [3.63, 3.8) is 0 Å². The van der Waals surface area contributed by atoms with Gasteiger partial charge < -0.3 is 9.84 Å². The predicted octanol–water partition coefficient (Wildman–Crippen LogP) is 3.01. The fraction of sp³-hybridized carbons (Fsp3) is 0.857. The summed E-state index contributed by atoms with van der Waals surface area (Å²) in [5.74, 6) is 3.14. The largest absolute Gasteiger partial charge is 0.338 e. The molecule has 2 saturated carbocycles. The van der Waals surface area contributed by atoms with Gasteiger partial charge in [0.1, 0.15) is 0 Å². The first kappa shape index (κ1) is 12.2. The number of rotatable bonds is 5. The summed E-state index contributed by atoms with van der Waals surface area (Å²) in [6.45, 7) is 1.83. The Morgan fingerprint density at radius 2 is 1.83 bits per heavy atom. The van der Waals surface area contributed by atoms with Crippen LogP contribution < -0.4 is 5.32 Å². The van der Waals surface area contributed by atoms with Crippen molar-refractivity contribution in [2.45, 2.75) is 63.8 Å². The van der Waals surface area contributed by atoms with Crippen LogP contribution in [0.2, 0.25) is 0 Å². The molecule has 1 heterocycles. The predicted molar refractivity (Wildman–Crippen MR) is 69.2 cm³/mol. The molecule has 18 heavy (non-hydrogen) atoms. The van der Waals surface area contributed by atoms with Crippen LogP contribution in [0.15, 0.2) is 4.52 Å². The maximum Gasteiger partial charge on any atom is 0.240 e. The Balaban J connectivity index is 1.50. The molecule has 0 atom stereocenters. The summed E-state index contributed by atoms with van der Waals surface area (Å²) in [7, 11) is 0. The Bertz CT molecular complexity index is 365. The van der Waals surface area contributed by atoms with Crippen molar-refractivity contribution in [2.75, 3.05) is 6.54 Å². The zero-order valence-electron chi connectivity index (χ0n) is 11.0. The second-order valence-corrected chi connectivity index (χ2v) is 5.81. The van der Waals surface area contributed by atoms with Gasteiger partial charge in [-0.05, 0) is 38.1 Å². The van der Waals surface area contributed by atoms with E-state index in [1.54, 1.807) is 0 Å². The Morgan fingerprint density at radius 1 is 1.06 bits per heavy atom. The zero-order chi connectivity index (χ0) is 12.2. The van der Waals surface area contributed by atoms with Gasteiger partial charge in [0.2, 0.25) is 5.89 Å². The summed E-state index contributed by atoms with van der Waals surface area (Å²) < 4.78 is 5.34. The van der Waals surface area contributed by atoms with E-state index in [1.807, 2.05) is 0 Å². The van der Waals surface area contributed by atoms with Gasteiger partial charge in [0.05, 0.1) is 6.54 Å². The first-order valence-corrected chi connectivity index (χ1v) is 7.45. The van der Waals surface area contributed by atoms with Gasteiger partial charge in [0, 0.05) is 5.92 Å². The molecule has 0 spiro atoms. The lowest BCUT2D eigenvalue weighted by Gasteiger charge is -2.07. The molecular weight excluding hydrogens is 226 g/mol. The van der Waals surface area contributed by atoms with Gasteiger partial charge in [-0.1, -0.05) is 30.8 Å². The second-order valence-electron chi connectivity index (χ2n) is 5.81. The van der Waals surface area contributed by atoms with Crippen LogP contribution in [0.1, 0.15) is 69.0 Å². The molecule has 2 aliphatic rings. The van der Waals surface area contributed by atoms with E-state index in [0.29, 0.717) is 5.92 Å². The van der Waals surface area contributed by atoms with Crippen molar-refractivity contribution in [2.24, 2.45) is 5.92 Å². The lowest BCUT2D eigenvalue weighted by molar-refractivity contribution is 0.357. The molecule has 0 radical (unpaired) electrons. The van der Waals surface area contributed by atoms with Gasteiger partial charge in [-0.3, -0.25) is 0 Å². The quantitative estimate of drug-likeness (QED) is 0.815. The molecule has 0 saturated heterocycles. The van der Waals surface area contributed by atoms with Crippen LogP contribution in [0.4, 0.5) is 0 Å². The summed E-state index contributed by atoms with van der Waals surface area (Å²) in [6.07, 6.45) is 10.6. The van der Waals surface area contributed by atoms with E-state index in [4.69, 9.17) is 4.52 Å². The van der Waals surface area contributed by atoms with E-state index in [9.17, 15) is 0 Å². The van der Waals surface area contributed by atoms with Gasteiger partial charge in [0.25, 0.3) is 0 Å². The molecule has 0 bridgehead atoms. The minimum Gasteiger partial charge on any atom is -0.338 e. The van der Waals surface area contributed by atoms with Crippen LogP contribution in [0, 0.1) is 5.92 Å². The normalized spacial score (nSPS) is 22.0. The average Bonchev–Trinajstić information content (AvgIpc) is 3.14. The highest BCUT2D eigenvalue weighted by atomic mass is 16.5. The molecule has 100 valence electrons. The Hall–Kier alpha value is -0.900. The average molecular weight is 249 g/mol. The zero-order valence-corrected chi connectivity index (χ0v) is 11.0. The van der Waals surface area contributed by atoms with E-state index < -0.39 is 0 Å². The van der Waals surface area contributed by atoms with E-state index in [2.05, 4.69) is 15.5 Å². The minimum absolute atomic E-state index is 0.536. The van der Waals surface area contributed by atoms with Gasteiger partial charge in [-0.2, -0.15) is 4.98 Å². The standard InChI is InChI=1S/C14H23N3O/c1-2-4-6-12(5-3-1)14-16-13(18-17-14)10-15-9-11-7-8-11/h11-12,15H,1-10H2. The van der Waals surface area contributed by atoms with Crippen molar-refractivity contribution in [3.8, 4) is 0 Å². The monoisotopic (exact) mass is 249 g/mol. The van der Waals surface area contributed by atoms with Crippen molar-refractivity contribution in [3.05, 3.63) is 11.7 Å². The maximum atomic E-state index is 5.34. The highest BCUT2D eigenvalue weighted by molar-refractivity contribution is 4.96. The van der Waals surface area contributed by atoms with E-state index >= 15 is 0 Å². The summed E-state index contributed by atoms with van der Waals surface area (Å²) in [5, 5.41) is 7.56. The number of hydrogen-bond acceptors (Lipinski definition) is 4. The van der Waals surface area contributed by atoms with E-state index in [0.717, 1.165) is 30.7 Å². The molecule has 1 aromatic heterocycles. The molecular formula is C14H23N3O. The third-order valence-electron chi connectivity index (χ3n) is 4.11. The van der Waals surface area contributed by atoms with Gasteiger partial charge in [-0.25, -0.2) is 0 Å². The molecule has 1 N–H and O–H groups in total. The second kappa shape index (κ2) is 5.83. The third-order valence-corrected chi connectivity index (χ3v) is 4.11. The fourth-order valence-electron chi connectivity index (χ4n) is 2.75. The molecule has 3 rings (SSSR count). The lowest BCUT2D eigenvalue weighted by atomic mass is 10.00. The first-order chi connectivity index (χ1) is 8.92. The summed E-state index contributed by atoms with van der Waals surface area (Å²) in [4.78, 5) is 4.55. The summed E-state index contributed by atoms with van der Waals surface area (Å²) in [5.41, 5.74) is 0. The van der Waals surface area contributed by atoms with Crippen molar-refractivity contribution >= 4 is 0 Å². The molecule has 1 aromatic rings. The van der Waals surface area contributed by atoms with Crippen LogP contribution in [0.25, 0.3) is 0 Å². The lowest BCUT2D eigenvalue weighted by Crippen LogP contribution is -2.16. The van der Waals surface area contributed by atoms with Crippen molar-refractivity contribution in [1.82, 2.24) is 15.5 Å². The Labute approximate surface area is 109 Å². The van der Waals surface area contributed by atoms with Crippen LogP contribution >= 0.6 is 0 Å². The SMILES string of the molecule is C1CCCC(c2noc(CNCC3CC3)n2)CC1. The van der Waals surface area contributed by atoms with Crippen LogP contribution in [0.3, 0.4) is 0 Å². The molecule has 2 aliphatic carbocycles. The Morgan fingerprint density at radius 3 is 2.56 bits per heavy atom. The maximum absolute atomic E-state index is 5.34. The topological polar surface area (TPSA) is 51.0 Å². The molecule has 0 amide bonds. The minimum atomic E-state index is 0.536. The van der Waals surface area contributed by atoms with Crippen molar-refractivity contribution < 1.29 is 4.52 Å². The number of nitrogens with one attached hydrogen (secondary N) is 1. The Kier molecular flexibility index (Phi) is 3.93. The number of nitrogens with zero attached hydrogens (tertiary/aromatic N) is 2. The number of hydrogen-bond donors (Lipinski definition) is 1. The first-order valence-electron chi connectivity index (χ1n) is 7.45. The molecule has 2 fully saturated rings. The molecule has 0 aliphatic heterocycles. The fourth-order valence-corrected chi connectivity index (χ4v) is 2.75. The van der Waals surface area contributed by atoms with E-state index in [1.165, 1.54) is 51.4 Å². The molecule has 4 heteroatoms.